The Kier molecular flexibility index (Phi) is 5.02. The molecule has 122 valence electrons. The van der Waals surface area contributed by atoms with E-state index in [-0.39, 0.29) is 17.8 Å². The Morgan fingerprint density at radius 3 is 2.57 bits per heavy atom. The Morgan fingerprint density at radius 1 is 1.22 bits per heavy atom. The molecule has 3 rings (SSSR count). The molecule has 2 unspecified atom stereocenters. The number of Topliss-reactive ketones (excluding diaryl/α,β-unsaturated/α-hetero) is 1. The van der Waals surface area contributed by atoms with Crippen LogP contribution >= 0.6 is 15.9 Å². The summed E-state index contributed by atoms with van der Waals surface area (Å²) in [5, 5.41) is 0. The maximum Gasteiger partial charge on any atom is 0.198 e. The molecule has 0 saturated heterocycles. The highest BCUT2D eigenvalue weighted by Gasteiger charge is 2.38. The molecule has 2 atom stereocenters. The first-order chi connectivity index (χ1) is 11.1. The zero-order valence-electron chi connectivity index (χ0n) is 13.2. The minimum absolute atomic E-state index is 0.0619. The molecule has 3 nitrogen and oxygen atoms in total. The average molecular weight is 377 g/mol. The monoisotopic (exact) mass is 376 g/mol. The summed E-state index contributed by atoms with van der Waals surface area (Å²) in [6.45, 7) is 0. The summed E-state index contributed by atoms with van der Waals surface area (Å²) < 4.78 is 11.0. The van der Waals surface area contributed by atoms with Crippen LogP contribution in [0.1, 0.15) is 36.0 Å². The van der Waals surface area contributed by atoms with Crippen molar-refractivity contribution < 1.29 is 14.3 Å². The third kappa shape index (κ3) is 3.59. The lowest BCUT2D eigenvalue weighted by Crippen LogP contribution is -2.34. The average Bonchev–Trinajstić information content (AvgIpc) is 3.08. The second kappa shape index (κ2) is 7.02. The molecular weight excluding hydrogens is 356 g/mol. The molecule has 0 radical (unpaired) electrons. The highest BCUT2D eigenvalue weighted by Crippen LogP contribution is 2.40. The zero-order chi connectivity index (χ0) is 16.3. The van der Waals surface area contributed by atoms with Gasteiger partial charge in [0.2, 0.25) is 0 Å². The number of halogens is 1. The Labute approximate surface area is 145 Å². The largest absolute Gasteiger partial charge is 0.497 e. The van der Waals surface area contributed by atoms with Crippen LogP contribution < -0.4 is 0 Å². The van der Waals surface area contributed by atoms with E-state index < -0.39 is 4.51 Å². The number of benzene rings is 1. The molecule has 0 amide bonds. The predicted molar refractivity (Wildman–Crippen MR) is 93.5 cm³/mol. The summed E-state index contributed by atoms with van der Waals surface area (Å²) in [6, 6.07) is 9.32. The molecule has 1 fully saturated rings. The summed E-state index contributed by atoms with van der Waals surface area (Å²) >= 11 is 3.65. The van der Waals surface area contributed by atoms with Crippen molar-refractivity contribution in [2.75, 3.05) is 7.11 Å². The lowest BCUT2D eigenvalue weighted by molar-refractivity contribution is -0.00747. The van der Waals surface area contributed by atoms with Crippen LogP contribution in [0.15, 0.2) is 54.3 Å². The van der Waals surface area contributed by atoms with Crippen molar-refractivity contribution in [3.8, 4) is 0 Å². The minimum atomic E-state index is -0.760. The van der Waals surface area contributed by atoms with E-state index in [9.17, 15) is 4.79 Å². The standard InChI is InChI=1S/C19H21BrO3/c1-22-17-13-15(18(21)14-7-3-2-4-8-14)11-12-19(17,20)23-16-9-5-6-10-16/h2-4,7-8,11-13,15-16H,5-6,9-10H2,1H3. The summed E-state index contributed by atoms with van der Waals surface area (Å²) in [4.78, 5) is 12.6. The summed E-state index contributed by atoms with van der Waals surface area (Å²) in [5.74, 6) is 0.373. The third-order valence-corrected chi connectivity index (χ3v) is 5.25. The van der Waals surface area contributed by atoms with Gasteiger partial charge in [-0.05, 0) is 40.9 Å². The van der Waals surface area contributed by atoms with Crippen molar-refractivity contribution >= 4 is 21.7 Å². The Bertz CT molecular complexity index is 617. The normalized spacial score (nSPS) is 27.7. The number of carbonyl (C=O) groups excluding carboxylic acids is 1. The molecule has 0 bridgehead atoms. The molecule has 2 aliphatic rings. The van der Waals surface area contributed by atoms with E-state index in [2.05, 4.69) is 15.9 Å². The molecular formula is C19H21BrO3. The van der Waals surface area contributed by atoms with Gasteiger partial charge < -0.3 is 9.47 Å². The molecule has 2 aliphatic carbocycles. The lowest BCUT2D eigenvalue weighted by Gasteiger charge is -2.32. The predicted octanol–water partition coefficient (Wildman–Crippen LogP) is 4.64. The fraction of sp³-hybridized carbons (Fsp3) is 0.421. The van der Waals surface area contributed by atoms with Crippen LogP contribution in [-0.2, 0) is 9.47 Å². The minimum Gasteiger partial charge on any atom is -0.497 e. The number of hydrogen-bond acceptors (Lipinski definition) is 3. The van der Waals surface area contributed by atoms with Crippen LogP contribution in [0.3, 0.4) is 0 Å². The molecule has 1 saturated carbocycles. The van der Waals surface area contributed by atoms with Gasteiger partial charge in [0.1, 0.15) is 5.76 Å². The first kappa shape index (κ1) is 16.5. The van der Waals surface area contributed by atoms with Crippen LogP contribution in [0.4, 0.5) is 0 Å². The fourth-order valence-corrected chi connectivity index (χ4v) is 3.86. The molecule has 1 aromatic rings. The van der Waals surface area contributed by atoms with Gasteiger partial charge >= 0.3 is 0 Å². The summed E-state index contributed by atoms with van der Waals surface area (Å²) in [7, 11) is 1.61. The topological polar surface area (TPSA) is 35.5 Å². The van der Waals surface area contributed by atoms with Crippen molar-refractivity contribution in [2.45, 2.75) is 36.3 Å². The second-order valence-electron chi connectivity index (χ2n) is 6.02. The van der Waals surface area contributed by atoms with Gasteiger partial charge in [-0.15, -0.1) is 0 Å². The van der Waals surface area contributed by atoms with Crippen molar-refractivity contribution in [3.05, 3.63) is 59.9 Å². The van der Waals surface area contributed by atoms with Crippen LogP contribution in [0.5, 0.6) is 0 Å². The molecule has 0 aliphatic heterocycles. The van der Waals surface area contributed by atoms with Crippen molar-refractivity contribution in [2.24, 2.45) is 5.92 Å². The van der Waals surface area contributed by atoms with Crippen LogP contribution in [0, 0.1) is 5.92 Å². The van der Waals surface area contributed by atoms with Crippen LogP contribution in [-0.4, -0.2) is 23.5 Å². The van der Waals surface area contributed by atoms with Crippen LogP contribution in [0.25, 0.3) is 0 Å². The van der Waals surface area contributed by atoms with Crippen molar-refractivity contribution in [1.29, 1.82) is 0 Å². The van der Waals surface area contributed by atoms with Gasteiger partial charge in [0.15, 0.2) is 10.3 Å². The van der Waals surface area contributed by atoms with E-state index in [1.807, 2.05) is 48.6 Å². The third-order valence-electron chi connectivity index (χ3n) is 4.41. The number of alkyl halides is 1. The number of carbonyl (C=O) groups is 1. The number of methoxy groups -OCH3 is 1. The lowest BCUT2D eigenvalue weighted by atomic mass is 9.92. The highest BCUT2D eigenvalue weighted by atomic mass is 79.9. The van der Waals surface area contributed by atoms with Gasteiger partial charge in [-0.3, -0.25) is 4.79 Å². The van der Waals surface area contributed by atoms with E-state index >= 15 is 0 Å². The van der Waals surface area contributed by atoms with E-state index in [1.54, 1.807) is 7.11 Å². The van der Waals surface area contributed by atoms with Gasteiger partial charge in [0, 0.05) is 5.56 Å². The SMILES string of the molecule is COC1=CC(C(=O)c2ccccc2)C=CC1(Br)OC1CCCC1. The number of allylic oxidation sites excluding steroid dienone is 2. The molecule has 1 aromatic carbocycles. The van der Waals surface area contributed by atoms with Gasteiger partial charge in [0.05, 0.1) is 19.1 Å². The van der Waals surface area contributed by atoms with E-state index in [0.717, 1.165) is 12.8 Å². The number of ether oxygens (including phenoxy) is 2. The number of rotatable bonds is 5. The quantitative estimate of drug-likeness (QED) is 0.426. The number of ketones is 1. The second-order valence-corrected chi connectivity index (χ2v) is 7.20. The smallest absolute Gasteiger partial charge is 0.198 e. The fourth-order valence-electron chi connectivity index (χ4n) is 3.15. The van der Waals surface area contributed by atoms with Crippen LogP contribution in [0.2, 0.25) is 0 Å². The molecule has 0 aromatic heterocycles. The van der Waals surface area contributed by atoms with Crippen molar-refractivity contribution in [3.63, 3.8) is 0 Å². The Hall–Kier alpha value is -1.39. The van der Waals surface area contributed by atoms with Crippen molar-refractivity contribution in [1.82, 2.24) is 0 Å². The van der Waals surface area contributed by atoms with E-state index in [4.69, 9.17) is 9.47 Å². The highest BCUT2D eigenvalue weighted by molar-refractivity contribution is 9.10. The van der Waals surface area contributed by atoms with E-state index in [1.165, 1.54) is 12.8 Å². The van der Waals surface area contributed by atoms with E-state index in [0.29, 0.717) is 11.3 Å². The molecule has 0 spiro atoms. The maximum atomic E-state index is 12.6. The van der Waals surface area contributed by atoms with Gasteiger partial charge in [0.25, 0.3) is 0 Å². The van der Waals surface area contributed by atoms with Gasteiger partial charge in [-0.1, -0.05) is 49.2 Å². The maximum absolute atomic E-state index is 12.6. The molecule has 4 heteroatoms. The molecule has 0 heterocycles. The molecule has 23 heavy (non-hydrogen) atoms. The summed E-state index contributed by atoms with van der Waals surface area (Å²) in [6.07, 6.45) is 10.4. The first-order valence-corrected chi connectivity index (χ1v) is 8.83. The molecule has 0 N–H and O–H groups in total. The first-order valence-electron chi connectivity index (χ1n) is 8.04. The Morgan fingerprint density at radius 2 is 1.91 bits per heavy atom. The summed E-state index contributed by atoms with van der Waals surface area (Å²) in [5.41, 5.74) is 0.702. The Balaban J connectivity index is 1.78. The van der Waals surface area contributed by atoms with Gasteiger partial charge in [-0.2, -0.15) is 0 Å². The number of hydrogen-bond donors (Lipinski definition) is 0. The van der Waals surface area contributed by atoms with Gasteiger partial charge in [-0.25, -0.2) is 0 Å². The zero-order valence-corrected chi connectivity index (χ0v) is 14.8.